The van der Waals surface area contributed by atoms with E-state index in [1.165, 1.54) is 11.6 Å². The van der Waals surface area contributed by atoms with Gasteiger partial charge in [0.1, 0.15) is 13.3 Å². The third kappa shape index (κ3) is 4.74. The molecule has 0 radical (unpaired) electrons. The number of ether oxygens (including phenoxy) is 1. The van der Waals surface area contributed by atoms with Crippen molar-refractivity contribution in [2.45, 2.75) is 38.5 Å². The number of nitrogens with zero attached hydrogens (tertiary/aromatic N) is 3. The lowest BCUT2D eigenvalue weighted by atomic mass is 9.92. The highest BCUT2D eigenvalue weighted by atomic mass is 16.5. The number of aromatic nitrogens is 1. The summed E-state index contributed by atoms with van der Waals surface area (Å²) in [5.74, 6) is -0.119. The van der Waals surface area contributed by atoms with E-state index in [4.69, 9.17) is 4.74 Å². The van der Waals surface area contributed by atoms with Crippen molar-refractivity contribution >= 4 is 5.91 Å². The molecule has 0 N–H and O–H groups in total. The molecule has 39 heavy (non-hydrogen) atoms. The summed E-state index contributed by atoms with van der Waals surface area (Å²) < 4.78 is 7.97. The van der Waals surface area contributed by atoms with E-state index in [-0.39, 0.29) is 41.5 Å². The Balaban J connectivity index is 1.56. The van der Waals surface area contributed by atoms with Crippen LogP contribution in [0.2, 0.25) is 0 Å². The fourth-order valence-corrected chi connectivity index (χ4v) is 5.52. The van der Waals surface area contributed by atoms with Crippen LogP contribution in [0.5, 0.6) is 5.75 Å². The number of amides is 1. The van der Waals surface area contributed by atoms with Crippen molar-refractivity contribution in [2.24, 2.45) is 0 Å². The van der Waals surface area contributed by atoms with Crippen molar-refractivity contribution in [1.82, 2.24) is 9.58 Å². The summed E-state index contributed by atoms with van der Waals surface area (Å²) in [4.78, 5) is 29.2. The van der Waals surface area contributed by atoms with Crippen LogP contribution in [0.1, 0.15) is 52.1 Å². The standard InChI is InChI=1S/C33H31N3O3/c1-24-12-8-9-15-26-16-10-11-19-28(26)30(27-17-6-3-7-18-27)36-23-34(24)33(38)31-32(29(37)20-21-35(31)36)39-22-25-13-4-2-5-14-25/h2-11,13-14,16-21,24,30H,12,15,22-23H2,1H3. The number of carbonyl (C=O) groups is 1. The minimum Gasteiger partial charge on any atom is -0.482 e. The molecule has 0 fully saturated rings. The van der Waals surface area contributed by atoms with E-state index in [1.54, 1.807) is 6.20 Å². The predicted octanol–water partition coefficient (Wildman–Crippen LogP) is 5.46. The Kier molecular flexibility index (Phi) is 6.76. The Morgan fingerprint density at radius 2 is 1.56 bits per heavy atom. The number of hydrogen-bond donors (Lipinski definition) is 0. The number of rotatable bonds is 4. The van der Waals surface area contributed by atoms with Gasteiger partial charge in [0.05, 0.1) is 6.04 Å². The molecule has 6 nitrogen and oxygen atoms in total. The molecule has 196 valence electrons. The van der Waals surface area contributed by atoms with E-state index in [9.17, 15) is 9.59 Å². The van der Waals surface area contributed by atoms with E-state index in [1.807, 2.05) is 58.1 Å². The normalized spacial score (nSPS) is 18.6. The molecular formula is C33H31N3O3. The molecule has 0 saturated heterocycles. The molecule has 2 aliphatic rings. The van der Waals surface area contributed by atoms with Crippen molar-refractivity contribution in [2.75, 3.05) is 11.7 Å². The van der Waals surface area contributed by atoms with Crippen molar-refractivity contribution in [3.63, 3.8) is 0 Å². The highest BCUT2D eigenvalue weighted by Gasteiger charge is 2.39. The third-order valence-corrected chi connectivity index (χ3v) is 7.58. The molecule has 3 heterocycles. The van der Waals surface area contributed by atoms with E-state index in [0.717, 1.165) is 29.5 Å². The van der Waals surface area contributed by atoms with E-state index >= 15 is 0 Å². The van der Waals surface area contributed by atoms with Crippen LogP contribution in [0.3, 0.4) is 0 Å². The number of benzene rings is 3. The average Bonchev–Trinajstić information content (AvgIpc) is 2.99. The maximum atomic E-state index is 14.1. The lowest BCUT2D eigenvalue weighted by Crippen LogP contribution is -2.57. The van der Waals surface area contributed by atoms with Crippen molar-refractivity contribution in [1.29, 1.82) is 0 Å². The Labute approximate surface area is 228 Å². The molecule has 0 saturated carbocycles. The lowest BCUT2D eigenvalue weighted by molar-refractivity contribution is 0.0604. The summed E-state index contributed by atoms with van der Waals surface area (Å²) in [6.07, 6.45) is 7.58. The zero-order valence-electron chi connectivity index (χ0n) is 21.9. The molecule has 1 amide bonds. The quantitative estimate of drug-likeness (QED) is 0.338. The average molecular weight is 518 g/mol. The molecule has 2 bridgehead atoms. The molecule has 3 aromatic carbocycles. The Morgan fingerprint density at radius 1 is 0.846 bits per heavy atom. The highest BCUT2D eigenvalue weighted by molar-refractivity contribution is 5.96. The molecular weight excluding hydrogens is 486 g/mol. The van der Waals surface area contributed by atoms with E-state index in [0.29, 0.717) is 6.67 Å². The summed E-state index contributed by atoms with van der Waals surface area (Å²) in [5, 5.41) is 2.18. The molecule has 2 atom stereocenters. The highest BCUT2D eigenvalue weighted by Crippen LogP contribution is 2.35. The van der Waals surface area contributed by atoms with E-state index < -0.39 is 0 Å². The summed E-state index contributed by atoms with van der Waals surface area (Å²) in [7, 11) is 0. The minimum atomic E-state index is -0.305. The van der Waals surface area contributed by atoms with Crippen LogP contribution in [0.25, 0.3) is 0 Å². The molecule has 4 aromatic rings. The zero-order chi connectivity index (χ0) is 26.8. The van der Waals surface area contributed by atoms with Crippen LogP contribution < -0.4 is 15.2 Å². The first-order valence-corrected chi connectivity index (χ1v) is 13.4. The van der Waals surface area contributed by atoms with Gasteiger partial charge in [-0.3, -0.25) is 19.3 Å². The fraction of sp³-hybridized carbons (Fsp3) is 0.212. The van der Waals surface area contributed by atoms with Gasteiger partial charge in [-0.2, -0.15) is 0 Å². The number of fused-ring (bicyclic) bond motifs is 5. The summed E-state index contributed by atoms with van der Waals surface area (Å²) in [6.45, 7) is 2.63. The van der Waals surface area contributed by atoms with Crippen molar-refractivity contribution < 1.29 is 9.53 Å². The summed E-state index contributed by atoms with van der Waals surface area (Å²) >= 11 is 0. The molecule has 6 rings (SSSR count). The molecule has 0 aliphatic carbocycles. The summed E-state index contributed by atoms with van der Waals surface area (Å²) in [5.41, 5.74) is 4.37. The van der Waals surface area contributed by atoms with Gasteiger partial charge >= 0.3 is 0 Å². The van der Waals surface area contributed by atoms with Crippen LogP contribution >= 0.6 is 0 Å². The van der Waals surface area contributed by atoms with Gasteiger partial charge in [-0.1, -0.05) is 97.1 Å². The van der Waals surface area contributed by atoms with Gasteiger partial charge < -0.3 is 9.64 Å². The monoisotopic (exact) mass is 517 g/mol. The van der Waals surface area contributed by atoms with Gasteiger partial charge in [0.15, 0.2) is 11.4 Å². The van der Waals surface area contributed by atoms with Crippen LogP contribution in [0, 0.1) is 0 Å². The zero-order valence-corrected chi connectivity index (χ0v) is 21.9. The van der Waals surface area contributed by atoms with E-state index in [2.05, 4.69) is 60.5 Å². The molecule has 0 spiro atoms. The van der Waals surface area contributed by atoms with Gasteiger partial charge in [0.2, 0.25) is 5.43 Å². The topological polar surface area (TPSA) is 54.8 Å². The maximum Gasteiger partial charge on any atom is 0.278 e. The van der Waals surface area contributed by atoms with Crippen LogP contribution in [-0.2, 0) is 13.0 Å². The van der Waals surface area contributed by atoms with Gasteiger partial charge in [0, 0.05) is 18.3 Å². The van der Waals surface area contributed by atoms with Gasteiger partial charge in [-0.15, -0.1) is 0 Å². The van der Waals surface area contributed by atoms with Gasteiger partial charge in [0.25, 0.3) is 5.91 Å². The molecule has 6 heteroatoms. The Bertz CT molecular complexity index is 1560. The second-order valence-electron chi connectivity index (χ2n) is 10.1. The second-order valence-corrected chi connectivity index (χ2v) is 10.1. The first-order chi connectivity index (χ1) is 19.1. The maximum absolute atomic E-state index is 14.1. The number of allylic oxidation sites excluding steroid dienone is 1. The largest absolute Gasteiger partial charge is 0.482 e. The first kappa shape index (κ1) is 24.7. The van der Waals surface area contributed by atoms with Gasteiger partial charge in [-0.25, -0.2) is 0 Å². The Hall–Kier alpha value is -4.58. The number of pyridine rings is 1. The molecule has 2 aliphatic heterocycles. The van der Waals surface area contributed by atoms with Crippen LogP contribution in [-0.4, -0.2) is 28.2 Å². The molecule has 2 unspecified atom stereocenters. The first-order valence-electron chi connectivity index (χ1n) is 13.4. The lowest BCUT2D eigenvalue weighted by Gasteiger charge is -2.46. The fourth-order valence-electron chi connectivity index (χ4n) is 5.52. The predicted molar refractivity (Wildman–Crippen MR) is 152 cm³/mol. The van der Waals surface area contributed by atoms with Crippen molar-refractivity contribution in [3.8, 4) is 5.75 Å². The van der Waals surface area contributed by atoms with Gasteiger partial charge in [-0.05, 0) is 42.0 Å². The van der Waals surface area contributed by atoms with Crippen LogP contribution in [0.4, 0.5) is 0 Å². The summed E-state index contributed by atoms with van der Waals surface area (Å²) in [6, 6.07) is 29.7. The SMILES string of the molecule is CC1CC=CCc2ccccc2C(c2ccccc2)N2CN1C(=O)c1c(OCc3ccccc3)c(=O)ccn12. The molecule has 1 aromatic heterocycles. The van der Waals surface area contributed by atoms with Crippen molar-refractivity contribution in [3.05, 3.63) is 148 Å². The van der Waals surface area contributed by atoms with Crippen LogP contribution in [0.15, 0.2) is 114 Å². The smallest absolute Gasteiger partial charge is 0.278 e. The number of carbonyl (C=O) groups excluding carboxylic acids is 1. The number of hydrogen-bond acceptors (Lipinski definition) is 4. The third-order valence-electron chi connectivity index (χ3n) is 7.58. The Morgan fingerprint density at radius 3 is 2.36 bits per heavy atom. The minimum absolute atomic E-state index is 0.0695. The second kappa shape index (κ2) is 10.7.